The summed E-state index contributed by atoms with van der Waals surface area (Å²) in [5, 5.41) is 0. The number of rotatable bonds is 5. The molecule has 0 saturated carbocycles. The minimum atomic E-state index is -2.14. The molecule has 0 aliphatic heterocycles. The summed E-state index contributed by atoms with van der Waals surface area (Å²) < 4.78 is 55.3. The van der Waals surface area contributed by atoms with Crippen LogP contribution in [0.3, 0.4) is 0 Å². The van der Waals surface area contributed by atoms with E-state index in [4.69, 9.17) is 8.22 Å². The summed E-state index contributed by atoms with van der Waals surface area (Å²) in [6.45, 7) is 23.4. The highest BCUT2D eigenvalue weighted by Gasteiger charge is 2.19. The van der Waals surface area contributed by atoms with Gasteiger partial charge in [-0.3, -0.25) is 0 Å². The second kappa shape index (κ2) is 27.6. The van der Waals surface area contributed by atoms with E-state index in [0.717, 1.165) is 16.8 Å². The van der Waals surface area contributed by atoms with Crippen LogP contribution in [0.25, 0.3) is 56.3 Å². The zero-order valence-electron chi connectivity index (χ0n) is 57.1. The van der Waals surface area contributed by atoms with Crippen LogP contribution in [0, 0.1) is 104 Å². The van der Waals surface area contributed by atoms with Crippen LogP contribution in [0.5, 0.6) is 0 Å². The molecular weight excluding hydrogens is 971 g/mol. The molecule has 0 atom stereocenters. The Bertz CT molecular complexity index is 3810. The summed E-state index contributed by atoms with van der Waals surface area (Å²) in [6, 6.07) is 56.0. The second-order valence-electron chi connectivity index (χ2n) is 21.7. The third kappa shape index (κ3) is 15.6. The first-order chi connectivity index (χ1) is 40.4. The molecule has 80 heavy (non-hydrogen) atoms. The van der Waals surface area contributed by atoms with Crippen LogP contribution in [-0.2, 0) is 35.2 Å². The van der Waals surface area contributed by atoms with Crippen LogP contribution in [0.1, 0.15) is 91.9 Å². The highest BCUT2D eigenvalue weighted by atomic mass is 15.0. The monoisotopic (exact) mass is 1070 g/mol. The normalized spacial score (nSPS) is 11.9. The molecule has 5 aromatic carbocycles. The zero-order valence-corrected chi connectivity index (χ0v) is 51.1. The van der Waals surface area contributed by atoms with Gasteiger partial charge in [0.1, 0.15) is 35.2 Å². The number of aryl methyl sites for hydroxylation is 17. The summed E-state index contributed by atoms with van der Waals surface area (Å²) >= 11 is 0. The van der Waals surface area contributed by atoms with Gasteiger partial charge in [0.25, 0.3) is 0 Å². The van der Waals surface area contributed by atoms with Crippen molar-refractivity contribution in [1.29, 1.82) is 0 Å². The molecule has 0 N–H and O–H groups in total. The van der Waals surface area contributed by atoms with Crippen LogP contribution in [-0.4, -0.2) is 0 Å². The van der Waals surface area contributed by atoms with Crippen molar-refractivity contribution in [3.8, 4) is 56.3 Å². The summed E-state index contributed by atoms with van der Waals surface area (Å²) in [7, 11) is 10.2. The Hall–Kier alpha value is -8.15. The van der Waals surface area contributed by atoms with E-state index in [2.05, 4.69) is 275 Å². The zero-order chi connectivity index (χ0) is 63.5. The topological polar surface area (TPSA) is 19.4 Å². The average Bonchev–Trinajstić information content (AvgIpc) is 1.55. The largest absolute Gasteiger partial charge is 0.215 e. The maximum atomic E-state index is 7.45. The third-order valence-corrected chi connectivity index (χ3v) is 15.0. The molecule has 0 aliphatic carbocycles. The Balaban J connectivity index is 0.000000173. The lowest BCUT2D eigenvalue weighted by Gasteiger charge is -2.08. The van der Waals surface area contributed by atoms with E-state index in [9.17, 15) is 0 Å². The van der Waals surface area contributed by atoms with E-state index in [-0.39, 0.29) is 5.56 Å². The van der Waals surface area contributed by atoms with Gasteiger partial charge in [0.2, 0.25) is 28.5 Å². The standard InChI is InChI=1S/5C15H18N/c2*1-11-5-7-14(13(3)9-11)15-8-6-12(2)10-16(15)4;2*1-11-9-13(3)16(4)15(10-11)14-8-6-5-7-12(14)2;1-11-9-10-16(4)15(13(11)3)14-8-6-5-7-12(14)2/h5*5-10H,1-4H3/q5*+1/i1D3,2D3;;;;. The number of aromatic nitrogens is 5. The van der Waals surface area contributed by atoms with Crippen molar-refractivity contribution in [2.24, 2.45) is 35.2 Å². The van der Waals surface area contributed by atoms with Gasteiger partial charge in [0, 0.05) is 109 Å². The Labute approximate surface area is 490 Å². The first-order valence-electron chi connectivity index (χ1n) is 30.6. The summed E-state index contributed by atoms with van der Waals surface area (Å²) in [6.07, 6.45) is 5.87. The van der Waals surface area contributed by atoms with Crippen LogP contribution in [0.4, 0.5) is 0 Å². The molecule has 0 spiro atoms. The number of hydrogen-bond donors (Lipinski definition) is 0. The molecule has 0 aliphatic rings. The van der Waals surface area contributed by atoms with Gasteiger partial charge in [-0.25, -0.2) is 13.7 Å². The maximum absolute atomic E-state index is 7.45. The quantitative estimate of drug-likeness (QED) is 0.153. The first-order valence-corrected chi connectivity index (χ1v) is 27.6. The second-order valence-corrected chi connectivity index (χ2v) is 21.7. The molecule has 10 rings (SSSR count). The third-order valence-electron chi connectivity index (χ3n) is 15.0. The van der Waals surface area contributed by atoms with Gasteiger partial charge in [-0.05, 0) is 177 Å². The number of pyridine rings is 5. The predicted octanol–water partition coefficient (Wildman–Crippen LogP) is 15.5. The first kappa shape index (κ1) is 52.5. The van der Waals surface area contributed by atoms with Crippen LogP contribution < -0.4 is 22.8 Å². The van der Waals surface area contributed by atoms with E-state index < -0.39 is 13.7 Å². The summed E-state index contributed by atoms with van der Waals surface area (Å²) in [5.74, 6) is 0. The van der Waals surface area contributed by atoms with E-state index in [0.29, 0.717) is 5.56 Å². The van der Waals surface area contributed by atoms with E-state index in [1.54, 1.807) is 48.1 Å². The minimum absolute atomic E-state index is 0.274. The summed E-state index contributed by atoms with van der Waals surface area (Å²) in [5.41, 5.74) is 29.4. The summed E-state index contributed by atoms with van der Waals surface area (Å²) in [4.78, 5) is 0. The number of hydrogen-bond acceptors (Lipinski definition) is 0. The fourth-order valence-electron chi connectivity index (χ4n) is 10.2. The van der Waals surface area contributed by atoms with Crippen LogP contribution in [0.15, 0.2) is 182 Å². The molecule has 0 fully saturated rings. The predicted molar refractivity (Wildman–Crippen MR) is 336 cm³/mol. The highest BCUT2D eigenvalue weighted by Crippen LogP contribution is 2.27. The highest BCUT2D eigenvalue weighted by molar-refractivity contribution is 5.66. The molecule has 10 aromatic rings. The lowest BCUT2D eigenvalue weighted by Crippen LogP contribution is -2.34. The van der Waals surface area contributed by atoms with Crippen molar-refractivity contribution in [3.05, 3.63) is 266 Å². The van der Waals surface area contributed by atoms with Gasteiger partial charge < -0.3 is 0 Å². The van der Waals surface area contributed by atoms with Gasteiger partial charge in [-0.1, -0.05) is 90.0 Å². The van der Waals surface area contributed by atoms with Crippen molar-refractivity contribution >= 4 is 0 Å². The van der Waals surface area contributed by atoms with Gasteiger partial charge >= 0.3 is 0 Å². The molecule has 0 amide bonds. The Morgan fingerprint density at radius 2 is 0.675 bits per heavy atom. The van der Waals surface area contributed by atoms with E-state index >= 15 is 0 Å². The van der Waals surface area contributed by atoms with Crippen LogP contribution in [0.2, 0.25) is 0 Å². The SMILES string of the molecule is Cc1cc(C)[n+](C)c(-c2ccccc2C)c1.Cc1cc(C)[n+](C)c(-c2ccccc2C)c1.Cc1ccc(-c2ccc(C)c[n+]2C)c(C)c1.Cc1ccccc1-c1c(C)c(C)cc[n+]1C.[2H]C([2H])([2H])c1ccc(-c2ccc(C([2H])([2H])[2H])c[n+]2C)c(C)c1. The number of nitrogens with zero attached hydrogens (tertiary/aromatic N) is 5. The Kier molecular flexibility index (Phi) is 18.1. The van der Waals surface area contributed by atoms with Crippen LogP contribution >= 0.6 is 0 Å². The Morgan fingerprint density at radius 3 is 1.11 bits per heavy atom. The molecule has 410 valence electrons. The molecule has 0 unspecified atom stereocenters. The molecule has 0 saturated heterocycles. The smallest absolute Gasteiger partial charge is 0.201 e. The van der Waals surface area contributed by atoms with Gasteiger partial charge in [0.15, 0.2) is 30.0 Å². The van der Waals surface area contributed by atoms with Crippen molar-refractivity contribution < 1.29 is 31.1 Å². The van der Waals surface area contributed by atoms with Gasteiger partial charge in [-0.15, -0.1) is 0 Å². The van der Waals surface area contributed by atoms with Crippen molar-refractivity contribution in [2.75, 3.05) is 0 Å². The average molecular weight is 1070 g/mol. The number of benzene rings is 5. The minimum Gasteiger partial charge on any atom is -0.201 e. The van der Waals surface area contributed by atoms with Gasteiger partial charge in [0.05, 0.1) is 0 Å². The van der Waals surface area contributed by atoms with Crippen molar-refractivity contribution in [1.82, 2.24) is 0 Å². The molecule has 0 bridgehead atoms. The van der Waals surface area contributed by atoms with E-state index in [1.807, 2.05) is 6.92 Å². The van der Waals surface area contributed by atoms with Crippen molar-refractivity contribution in [2.45, 2.75) is 104 Å². The van der Waals surface area contributed by atoms with E-state index in [1.165, 1.54) is 112 Å². The Morgan fingerprint density at radius 1 is 0.287 bits per heavy atom. The molecule has 0 radical (unpaired) electrons. The molecule has 5 nitrogen and oxygen atoms in total. The molecule has 5 aromatic heterocycles. The fourth-order valence-corrected chi connectivity index (χ4v) is 10.2. The lowest BCUT2D eigenvalue weighted by atomic mass is 9.99. The fraction of sp³-hybridized carbons (Fsp3) is 0.267. The van der Waals surface area contributed by atoms with Crippen molar-refractivity contribution in [3.63, 3.8) is 0 Å². The lowest BCUT2D eigenvalue weighted by molar-refractivity contribution is -0.666. The van der Waals surface area contributed by atoms with Gasteiger partial charge in [-0.2, -0.15) is 9.13 Å². The maximum Gasteiger partial charge on any atom is 0.215 e. The molecular formula is C75H90N5+5. The molecule has 5 heterocycles. The molecule has 5 heteroatoms.